The highest BCUT2D eigenvalue weighted by Gasteiger charge is 2.20. The quantitative estimate of drug-likeness (QED) is 0.175. The Morgan fingerprint density at radius 3 is 2.12 bits per heavy atom. The molecular weight excluding hydrogens is 725 g/mol. The van der Waals surface area contributed by atoms with Crippen LogP contribution in [-0.4, -0.2) is 21.1 Å². The van der Waals surface area contributed by atoms with Crippen LogP contribution in [0.15, 0.2) is 201 Å². The van der Waals surface area contributed by atoms with Crippen molar-refractivity contribution in [1.29, 1.82) is 0 Å². The minimum Gasteiger partial charge on any atom is -0.337 e. The fourth-order valence-electron chi connectivity index (χ4n) is 8.39. The Balaban J connectivity index is 1.04. The Bertz CT molecular complexity index is 3280. The normalized spacial score (nSPS) is 14.1. The number of thiophene rings is 1. The van der Waals surface area contributed by atoms with E-state index in [1.807, 2.05) is 6.07 Å². The van der Waals surface area contributed by atoms with E-state index in [9.17, 15) is 0 Å². The van der Waals surface area contributed by atoms with Gasteiger partial charge in [0.1, 0.15) is 0 Å². The molecule has 0 aliphatic carbocycles. The van der Waals surface area contributed by atoms with Crippen molar-refractivity contribution < 1.29 is 0 Å². The Morgan fingerprint density at radius 2 is 1.24 bits per heavy atom. The van der Waals surface area contributed by atoms with Crippen LogP contribution in [0.2, 0.25) is 0 Å². The molecule has 0 amide bonds. The first-order chi connectivity index (χ1) is 28.7. The molecule has 5 heteroatoms. The number of fused-ring (bicyclic) bond motifs is 7. The van der Waals surface area contributed by atoms with E-state index in [4.69, 9.17) is 9.97 Å². The molecule has 0 N–H and O–H groups in total. The van der Waals surface area contributed by atoms with Crippen LogP contribution in [-0.2, 0) is 0 Å². The molecule has 0 atom stereocenters. The van der Waals surface area contributed by atoms with E-state index in [0.717, 1.165) is 89.3 Å². The molecule has 7 aromatic carbocycles. The van der Waals surface area contributed by atoms with Crippen LogP contribution in [0, 0.1) is 0 Å². The molecule has 0 radical (unpaired) electrons. The molecule has 1 aliphatic heterocycles. The highest BCUT2D eigenvalue weighted by Crippen LogP contribution is 2.41. The lowest BCUT2D eigenvalue weighted by molar-refractivity contribution is 1.09. The smallest absolute Gasteiger partial charge is 0.160 e. The Hall–Kier alpha value is -7.34. The second-order valence-corrected chi connectivity index (χ2v) is 15.7. The number of hydrogen-bond donors (Lipinski definition) is 0. The third kappa shape index (κ3) is 5.75. The van der Waals surface area contributed by atoms with E-state index in [-0.39, 0.29) is 0 Å². The van der Waals surface area contributed by atoms with Crippen LogP contribution in [0.1, 0.15) is 5.56 Å². The first-order valence-electron chi connectivity index (χ1n) is 19.6. The number of nitrogens with zero attached hydrogens (tertiary/aromatic N) is 4. The number of allylic oxidation sites excluding steroid dienone is 4. The summed E-state index contributed by atoms with van der Waals surface area (Å²) >= 11 is 1.76. The molecule has 4 heterocycles. The van der Waals surface area contributed by atoms with Gasteiger partial charge >= 0.3 is 0 Å². The first-order valence-corrected chi connectivity index (χ1v) is 20.4. The standard InChI is InChI=1S/C53H36N4S/c1-35-16-5-4-14-31-56(40-20-8-3-9-21-40)46-29-27-37(33-44(35)46)38-28-30-48-45(34-38)42-23-10-12-25-47(42)57(48)41-22-15-19-39(32-41)53-54-50(36-17-6-2-7-18-36)52-51(55-53)43-24-11-13-26-49(43)58-52/h2-30,32-34H,1,31H2/b14-4-,16-5-. The number of benzene rings is 7. The van der Waals surface area contributed by atoms with Crippen molar-refractivity contribution in [3.63, 3.8) is 0 Å². The fourth-order valence-corrected chi connectivity index (χ4v) is 9.55. The molecule has 274 valence electrons. The minimum absolute atomic E-state index is 0.715. The fraction of sp³-hybridized carbons (Fsp3) is 0.0189. The monoisotopic (exact) mass is 760 g/mol. The second-order valence-electron chi connectivity index (χ2n) is 14.7. The van der Waals surface area contributed by atoms with E-state index in [0.29, 0.717) is 5.82 Å². The van der Waals surface area contributed by atoms with Gasteiger partial charge in [-0.1, -0.05) is 140 Å². The van der Waals surface area contributed by atoms with E-state index in [2.05, 4.69) is 204 Å². The molecule has 0 unspecified atom stereocenters. The SMILES string of the molecule is C=C1/C=C\C=C/CN(c2ccccc2)c2ccc(-c3ccc4c(c3)c3ccccc3n4-c3cccc(-c4nc(-c5ccccc5)c5sc6ccccc6c5n4)c3)cc21. The number of para-hydroxylation sites is 2. The van der Waals surface area contributed by atoms with Gasteiger partial charge in [-0.05, 0) is 77.4 Å². The van der Waals surface area contributed by atoms with Gasteiger partial charge in [-0.3, -0.25) is 0 Å². The predicted octanol–water partition coefficient (Wildman–Crippen LogP) is 14.2. The number of anilines is 2. The Labute approximate surface area is 340 Å². The lowest BCUT2D eigenvalue weighted by atomic mass is 9.96. The zero-order chi connectivity index (χ0) is 38.6. The average Bonchev–Trinajstić information content (AvgIpc) is 3.85. The van der Waals surface area contributed by atoms with Crippen LogP contribution < -0.4 is 4.90 Å². The lowest BCUT2D eigenvalue weighted by Gasteiger charge is -2.27. The number of rotatable bonds is 5. The molecule has 11 rings (SSSR count). The van der Waals surface area contributed by atoms with Crippen LogP contribution in [0.4, 0.5) is 11.4 Å². The molecule has 1 aliphatic rings. The van der Waals surface area contributed by atoms with Gasteiger partial charge in [0, 0.05) is 61.2 Å². The van der Waals surface area contributed by atoms with Gasteiger partial charge in [0.25, 0.3) is 0 Å². The summed E-state index contributed by atoms with van der Waals surface area (Å²) in [4.78, 5) is 12.9. The molecular formula is C53H36N4S. The van der Waals surface area contributed by atoms with Gasteiger partial charge in [0.2, 0.25) is 0 Å². The maximum Gasteiger partial charge on any atom is 0.160 e. The van der Waals surface area contributed by atoms with Crippen molar-refractivity contribution in [2.75, 3.05) is 11.4 Å². The van der Waals surface area contributed by atoms with Gasteiger partial charge in [0.15, 0.2) is 5.82 Å². The van der Waals surface area contributed by atoms with Crippen molar-refractivity contribution in [3.05, 3.63) is 206 Å². The zero-order valence-electron chi connectivity index (χ0n) is 31.6. The maximum atomic E-state index is 5.28. The van der Waals surface area contributed by atoms with Gasteiger partial charge in [0.05, 0.1) is 26.9 Å². The predicted molar refractivity (Wildman–Crippen MR) is 246 cm³/mol. The van der Waals surface area contributed by atoms with Gasteiger partial charge < -0.3 is 9.47 Å². The van der Waals surface area contributed by atoms with Crippen LogP contribution >= 0.6 is 11.3 Å². The summed E-state index contributed by atoms with van der Waals surface area (Å²) < 4.78 is 4.69. The van der Waals surface area contributed by atoms with E-state index < -0.39 is 0 Å². The summed E-state index contributed by atoms with van der Waals surface area (Å²) in [5.74, 6) is 0.715. The van der Waals surface area contributed by atoms with Gasteiger partial charge in [-0.25, -0.2) is 9.97 Å². The van der Waals surface area contributed by atoms with E-state index in [1.165, 1.54) is 15.5 Å². The van der Waals surface area contributed by atoms with Crippen LogP contribution in [0.5, 0.6) is 0 Å². The largest absolute Gasteiger partial charge is 0.337 e. The highest BCUT2D eigenvalue weighted by atomic mass is 32.1. The molecule has 0 fully saturated rings. The molecule has 10 aromatic rings. The number of aromatic nitrogens is 3. The summed E-state index contributed by atoms with van der Waals surface area (Å²) in [6.07, 6.45) is 8.48. The third-order valence-electron chi connectivity index (χ3n) is 11.2. The summed E-state index contributed by atoms with van der Waals surface area (Å²) in [6.45, 7) is 5.27. The maximum absolute atomic E-state index is 5.28. The summed E-state index contributed by atoms with van der Waals surface area (Å²) in [5, 5.41) is 3.56. The third-order valence-corrected chi connectivity index (χ3v) is 12.3. The molecule has 4 nitrogen and oxygen atoms in total. The number of hydrogen-bond acceptors (Lipinski definition) is 4. The van der Waals surface area contributed by atoms with Crippen LogP contribution in [0.25, 0.3) is 87.1 Å². The minimum atomic E-state index is 0.715. The van der Waals surface area contributed by atoms with Crippen molar-refractivity contribution in [2.24, 2.45) is 0 Å². The Morgan fingerprint density at radius 1 is 0.534 bits per heavy atom. The zero-order valence-corrected chi connectivity index (χ0v) is 32.4. The highest BCUT2D eigenvalue weighted by molar-refractivity contribution is 7.26. The second kappa shape index (κ2) is 14.0. The van der Waals surface area contributed by atoms with E-state index in [1.54, 1.807) is 11.3 Å². The van der Waals surface area contributed by atoms with Crippen molar-refractivity contribution in [2.45, 2.75) is 0 Å². The molecule has 0 saturated carbocycles. The van der Waals surface area contributed by atoms with E-state index >= 15 is 0 Å². The molecule has 0 bridgehead atoms. The molecule has 0 spiro atoms. The van der Waals surface area contributed by atoms with Gasteiger partial charge in [-0.2, -0.15) is 0 Å². The van der Waals surface area contributed by atoms with Crippen LogP contribution in [0.3, 0.4) is 0 Å². The van der Waals surface area contributed by atoms with Gasteiger partial charge in [-0.15, -0.1) is 11.3 Å². The first kappa shape index (κ1) is 34.0. The molecule has 0 saturated heterocycles. The van der Waals surface area contributed by atoms with Crippen molar-refractivity contribution in [1.82, 2.24) is 14.5 Å². The van der Waals surface area contributed by atoms with Crippen molar-refractivity contribution >= 4 is 70.4 Å². The summed E-state index contributed by atoms with van der Waals surface area (Å²) in [5.41, 5.74) is 14.1. The molecule has 58 heavy (non-hydrogen) atoms. The average molecular weight is 761 g/mol. The Kier molecular flexibility index (Phi) is 8.19. The molecule has 3 aromatic heterocycles. The lowest BCUT2D eigenvalue weighted by Crippen LogP contribution is -2.18. The summed E-state index contributed by atoms with van der Waals surface area (Å²) in [7, 11) is 0. The summed E-state index contributed by atoms with van der Waals surface area (Å²) in [6, 6.07) is 60.6. The topological polar surface area (TPSA) is 34.0 Å². The van der Waals surface area contributed by atoms with Crippen molar-refractivity contribution in [3.8, 4) is 39.5 Å².